The number of pyridine rings is 1. The van der Waals surface area contributed by atoms with E-state index in [1.807, 2.05) is 42.9 Å². The molecule has 41 heavy (non-hydrogen) atoms. The quantitative estimate of drug-likeness (QED) is 0.237. The van der Waals surface area contributed by atoms with Crippen molar-refractivity contribution >= 4 is 39.2 Å². The number of carbonyl (C=O) groups excluding carboxylic acids is 1. The summed E-state index contributed by atoms with van der Waals surface area (Å²) in [4.78, 5) is 26.9. The molecule has 0 unspecified atom stereocenters. The molecule has 9 nitrogen and oxygen atoms in total. The van der Waals surface area contributed by atoms with Gasteiger partial charge in [-0.05, 0) is 67.9 Å². The Hall–Kier alpha value is -3.75. The molecule has 1 radical (unpaired) electrons. The van der Waals surface area contributed by atoms with Crippen molar-refractivity contribution in [2.45, 2.75) is 71.2 Å². The lowest BCUT2D eigenvalue weighted by molar-refractivity contribution is 0.219. The summed E-state index contributed by atoms with van der Waals surface area (Å²) >= 11 is 0. The molecule has 0 bridgehead atoms. The van der Waals surface area contributed by atoms with E-state index < -0.39 is 13.7 Å². The van der Waals surface area contributed by atoms with Gasteiger partial charge in [0.15, 0.2) is 8.32 Å². The number of aromatic nitrogens is 3. The number of nitriles is 1. The Balaban J connectivity index is 1.74. The van der Waals surface area contributed by atoms with E-state index in [1.54, 1.807) is 12.4 Å². The summed E-state index contributed by atoms with van der Waals surface area (Å²) in [5.41, 5.74) is 3.81. The predicted octanol–water partition coefficient (Wildman–Crippen LogP) is 5.85. The second kappa shape index (κ2) is 11.6. The molecule has 213 valence electrons. The number of hydrogen-bond acceptors (Lipinski definition) is 9. The average Bonchev–Trinajstić information content (AvgIpc) is 3.19. The zero-order valence-electron chi connectivity index (χ0n) is 25.1. The Morgan fingerprint density at radius 1 is 1.24 bits per heavy atom. The van der Waals surface area contributed by atoms with Crippen LogP contribution in [0, 0.1) is 11.3 Å². The van der Waals surface area contributed by atoms with Crippen LogP contribution in [0.3, 0.4) is 0 Å². The van der Waals surface area contributed by atoms with Crippen LogP contribution in [0.1, 0.15) is 52.7 Å². The van der Waals surface area contributed by atoms with Gasteiger partial charge in [-0.15, -0.1) is 0 Å². The van der Waals surface area contributed by atoms with Gasteiger partial charge in [0.05, 0.1) is 17.4 Å². The number of fused-ring (bicyclic) bond motifs is 1. The highest BCUT2D eigenvalue weighted by Crippen LogP contribution is 2.46. The molecule has 11 heteroatoms. The molecule has 0 spiro atoms. The van der Waals surface area contributed by atoms with Gasteiger partial charge in [-0.25, -0.2) is 15.0 Å². The minimum atomic E-state index is -2.05. The molecule has 0 saturated carbocycles. The van der Waals surface area contributed by atoms with Crippen molar-refractivity contribution in [3.63, 3.8) is 0 Å². The van der Waals surface area contributed by atoms with Gasteiger partial charge >= 0.3 is 7.41 Å². The van der Waals surface area contributed by atoms with E-state index >= 15 is 0 Å². The largest absolute Gasteiger partial charge is 0.473 e. The first kappa shape index (κ1) is 30.2. The summed E-state index contributed by atoms with van der Waals surface area (Å²) < 4.78 is 12.5. The SMILES string of the molecule is CC(C)Oc1ncccc1Nc1nccc(-c2cc(C#N)c3c(c2)[C@@](C)(CO[Si](C)(C)C(C)(C)C)CN3[B]C=O)n1. The second-order valence-corrected chi connectivity index (χ2v) is 17.3. The molecule has 0 amide bonds. The highest BCUT2D eigenvalue weighted by atomic mass is 28.4. The Kier molecular flexibility index (Phi) is 8.57. The van der Waals surface area contributed by atoms with Crippen molar-refractivity contribution in [3.8, 4) is 23.2 Å². The van der Waals surface area contributed by atoms with Crippen LogP contribution in [-0.4, -0.2) is 56.1 Å². The van der Waals surface area contributed by atoms with Crippen LogP contribution < -0.4 is 14.9 Å². The smallest absolute Gasteiger partial charge is 0.329 e. The maximum atomic E-state index is 11.5. The fraction of sp³-hybridized carbons (Fsp3) is 0.433. The average molecular weight is 570 g/mol. The van der Waals surface area contributed by atoms with Gasteiger partial charge in [0.1, 0.15) is 17.9 Å². The van der Waals surface area contributed by atoms with Crippen LogP contribution in [0.25, 0.3) is 11.3 Å². The van der Waals surface area contributed by atoms with Gasteiger partial charge in [-0.3, -0.25) is 0 Å². The van der Waals surface area contributed by atoms with E-state index in [-0.39, 0.29) is 11.1 Å². The minimum Gasteiger partial charge on any atom is -0.473 e. The highest BCUT2D eigenvalue weighted by molar-refractivity contribution is 6.74. The summed E-state index contributed by atoms with van der Waals surface area (Å²) in [5.74, 6) is 0.841. The van der Waals surface area contributed by atoms with Gasteiger partial charge in [0.2, 0.25) is 11.8 Å². The van der Waals surface area contributed by atoms with Gasteiger partial charge in [-0.2, -0.15) is 5.26 Å². The number of rotatable bonds is 10. The van der Waals surface area contributed by atoms with Gasteiger partial charge < -0.3 is 24.1 Å². The molecule has 1 aliphatic heterocycles. The lowest BCUT2D eigenvalue weighted by Crippen LogP contribution is -2.46. The fourth-order valence-corrected chi connectivity index (χ4v) is 5.67. The van der Waals surface area contributed by atoms with E-state index in [0.717, 1.165) is 23.0 Å². The minimum absolute atomic E-state index is 0.0422. The molecule has 0 aliphatic carbocycles. The van der Waals surface area contributed by atoms with Crippen LogP contribution in [0.5, 0.6) is 5.88 Å². The number of nitrogens with one attached hydrogen (secondary N) is 1. The number of benzene rings is 1. The molecule has 1 aromatic carbocycles. The molecule has 3 heterocycles. The van der Waals surface area contributed by atoms with Crippen LogP contribution in [-0.2, 0) is 14.6 Å². The molecule has 0 saturated heterocycles. The zero-order valence-corrected chi connectivity index (χ0v) is 26.1. The molecule has 2 aromatic heterocycles. The first-order chi connectivity index (χ1) is 19.3. The number of anilines is 3. The van der Waals surface area contributed by atoms with E-state index in [0.29, 0.717) is 41.9 Å². The van der Waals surface area contributed by atoms with E-state index in [2.05, 4.69) is 68.2 Å². The van der Waals surface area contributed by atoms with Crippen molar-refractivity contribution < 1.29 is 14.0 Å². The summed E-state index contributed by atoms with van der Waals surface area (Å²) in [7, 11) is -0.554. The van der Waals surface area contributed by atoms with Crippen LogP contribution >= 0.6 is 0 Å². The molecule has 4 rings (SSSR count). The summed E-state index contributed by atoms with van der Waals surface area (Å²) in [6, 6.07) is 11.7. The van der Waals surface area contributed by atoms with E-state index in [9.17, 15) is 10.1 Å². The third-order valence-corrected chi connectivity index (χ3v) is 12.3. The standard InChI is InChI=1S/C30H38BN6O3Si/c1-20(2)40-27-25(10-9-12-33-27)36-28-34-13-11-24(35-28)21-14-22(16-32)26-23(15-21)30(6,17-37(26)31-19-38)18-39-41(7,8)29(3,4)5/h9-15,19-20H,17-18H2,1-8H3,(H,34,35,36)/t30-/m1/s1. The van der Waals surface area contributed by atoms with Crippen LogP contribution in [0.15, 0.2) is 42.7 Å². The van der Waals surface area contributed by atoms with Gasteiger partial charge in [-0.1, -0.05) is 27.7 Å². The molecular weight excluding hydrogens is 531 g/mol. The maximum absolute atomic E-state index is 11.5. The van der Waals surface area contributed by atoms with Gasteiger partial charge in [0, 0.05) is 42.2 Å². The maximum Gasteiger partial charge on any atom is 0.329 e. The van der Waals surface area contributed by atoms with Gasteiger partial charge in [0.25, 0.3) is 0 Å². The zero-order chi connectivity index (χ0) is 30.0. The van der Waals surface area contributed by atoms with Crippen molar-refractivity contribution in [1.29, 1.82) is 5.26 Å². The number of ether oxygens (including phenoxy) is 1. The predicted molar refractivity (Wildman–Crippen MR) is 166 cm³/mol. The van der Waals surface area contributed by atoms with Crippen molar-refractivity contribution in [1.82, 2.24) is 15.0 Å². The van der Waals surface area contributed by atoms with Crippen molar-refractivity contribution in [3.05, 3.63) is 53.9 Å². The first-order valence-corrected chi connectivity index (χ1v) is 16.7. The monoisotopic (exact) mass is 569 g/mol. The third-order valence-electron chi connectivity index (χ3n) is 7.80. The molecular formula is C30H38BN6O3Si. The fourth-order valence-electron chi connectivity index (χ4n) is 4.56. The summed E-state index contributed by atoms with van der Waals surface area (Å²) in [5, 5.41) is 13.4. The topological polar surface area (TPSA) is 113 Å². The Labute approximate surface area is 244 Å². The Morgan fingerprint density at radius 3 is 2.66 bits per heavy atom. The van der Waals surface area contributed by atoms with Crippen LogP contribution in [0.4, 0.5) is 17.3 Å². The third kappa shape index (κ3) is 6.44. The second-order valence-electron chi connectivity index (χ2n) is 12.5. The molecule has 1 atom stereocenters. The van der Waals surface area contributed by atoms with Crippen molar-refractivity contribution in [2.24, 2.45) is 0 Å². The number of carbonyl (C=O) groups is 1. The summed E-state index contributed by atoms with van der Waals surface area (Å²) in [6.45, 7) is 18.1. The van der Waals surface area contributed by atoms with E-state index in [1.165, 1.54) is 7.41 Å². The molecule has 1 aliphatic rings. The summed E-state index contributed by atoms with van der Waals surface area (Å²) in [6.07, 6.45) is 4.07. The number of nitrogens with zero attached hydrogens (tertiary/aromatic N) is 5. The molecule has 0 fully saturated rings. The van der Waals surface area contributed by atoms with E-state index in [4.69, 9.17) is 14.1 Å². The first-order valence-electron chi connectivity index (χ1n) is 13.8. The molecule has 1 N–H and O–H groups in total. The lowest BCUT2D eigenvalue weighted by atomic mass is 9.83. The normalized spacial score (nSPS) is 16.7. The Morgan fingerprint density at radius 2 is 2.00 bits per heavy atom. The molecule has 3 aromatic rings. The lowest BCUT2D eigenvalue weighted by Gasteiger charge is -2.39. The van der Waals surface area contributed by atoms with Crippen molar-refractivity contribution in [2.75, 3.05) is 23.3 Å². The highest BCUT2D eigenvalue weighted by Gasteiger charge is 2.44. The van der Waals surface area contributed by atoms with Crippen LogP contribution in [0.2, 0.25) is 18.1 Å². The number of hydrogen-bond donors (Lipinski definition) is 1. The Bertz CT molecular complexity index is 1470.